The molecule has 0 spiro atoms. The van der Waals surface area contributed by atoms with Crippen molar-refractivity contribution in [2.75, 3.05) is 22.9 Å². The summed E-state index contributed by atoms with van der Waals surface area (Å²) < 4.78 is 40.0. The molecule has 0 aliphatic heterocycles. The van der Waals surface area contributed by atoms with Crippen LogP contribution in [0.25, 0.3) is 6.08 Å². The lowest BCUT2D eigenvalue weighted by atomic mass is 10.2. The predicted molar refractivity (Wildman–Crippen MR) is 181 cm³/mol. The molecule has 236 valence electrons. The fourth-order valence-corrected chi connectivity index (χ4v) is 6.50. The van der Waals surface area contributed by atoms with Crippen LogP contribution >= 0.6 is 27.5 Å². The minimum absolute atomic E-state index is 0.0211. The number of hydrogen-bond donors (Lipinski definition) is 0. The summed E-state index contributed by atoms with van der Waals surface area (Å²) in [5.74, 6) is 1.31. The smallest absolute Gasteiger partial charge is 0.416 e. The van der Waals surface area contributed by atoms with Crippen LogP contribution in [0.2, 0.25) is 5.02 Å². The van der Waals surface area contributed by atoms with Gasteiger partial charge in [0.15, 0.2) is 5.82 Å². The van der Waals surface area contributed by atoms with Gasteiger partial charge in [0.05, 0.1) is 34.6 Å². The Morgan fingerprint density at radius 1 is 1.00 bits per heavy atom. The molecule has 2 aromatic carbocycles. The van der Waals surface area contributed by atoms with Crippen molar-refractivity contribution in [2.45, 2.75) is 44.7 Å². The number of nitrogens with zero attached hydrogens (tertiary/aromatic N) is 4. The molecule has 0 unspecified atom stereocenters. The second-order valence-corrected chi connectivity index (χ2v) is 14.2. The molecule has 12 heteroatoms. The first-order valence-electron chi connectivity index (χ1n) is 13.9. The maximum Gasteiger partial charge on any atom is 0.416 e. The number of rotatable bonds is 10. The molecule has 4 aromatic rings. The maximum absolute atomic E-state index is 13.7. The van der Waals surface area contributed by atoms with E-state index in [0.29, 0.717) is 26.6 Å². The van der Waals surface area contributed by atoms with Crippen molar-refractivity contribution in [1.82, 2.24) is 9.97 Å². The molecule has 9 nitrogen and oxygen atoms in total. The Labute approximate surface area is 277 Å². The first kappa shape index (κ1) is 34.0. The average Bonchev–Trinajstić information content (AvgIpc) is 2.98. The third kappa shape index (κ3) is 9.06. The van der Waals surface area contributed by atoms with Crippen molar-refractivity contribution in [3.8, 4) is 5.75 Å². The van der Waals surface area contributed by atoms with Gasteiger partial charge in [0.25, 0.3) is 10.0 Å². The van der Waals surface area contributed by atoms with Crippen molar-refractivity contribution >= 4 is 61.4 Å². The average molecular weight is 714 g/mol. The summed E-state index contributed by atoms with van der Waals surface area (Å²) in [5, 5.41) is 0.368. The van der Waals surface area contributed by atoms with E-state index in [-0.39, 0.29) is 23.8 Å². The van der Waals surface area contributed by atoms with Crippen LogP contribution in [0.15, 0.2) is 94.6 Å². The number of halogens is 2. The topological polar surface area (TPSA) is 102 Å². The van der Waals surface area contributed by atoms with Gasteiger partial charge in [-0.3, -0.25) is 4.90 Å². The van der Waals surface area contributed by atoms with Gasteiger partial charge in [-0.2, -0.15) is 0 Å². The third-order valence-corrected chi connectivity index (χ3v) is 8.94. The van der Waals surface area contributed by atoms with Gasteiger partial charge in [-0.15, -0.1) is 0 Å². The number of amides is 1. The summed E-state index contributed by atoms with van der Waals surface area (Å²) in [6.45, 7) is 7.51. The number of carbonyl (C=O) groups is 1. The Morgan fingerprint density at radius 2 is 1.69 bits per heavy atom. The van der Waals surface area contributed by atoms with E-state index in [1.54, 1.807) is 88.7 Å². The highest BCUT2D eigenvalue weighted by atomic mass is 79.9. The van der Waals surface area contributed by atoms with Gasteiger partial charge in [-0.1, -0.05) is 53.6 Å². The highest BCUT2D eigenvalue weighted by molar-refractivity contribution is 9.10. The maximum atomic E-state index is 13.7. The summed E-state index contributed by atoms with van der Waals surface area (Å²) in [5.41, 5.74) is 1.81. The molecule has 0 saturated carbocycles. The van der Waals surface area contributed by atoms with Crippen LogP contribution in [0.1, 0.15) is 37.5 Å². The van der Waals surface area contributed by atoms with Crippen LogP contribution in [0.5, 0.6) is 5.75 Å². The van der Waals surface area contributed by atoms with Crippen molar-refractivity contribution in [2.24, 2.45) is 0 Å². The van der Waals surface area contributed by atoms with Gasteiger partial charge >= 0.3 is 6.09 Å². The van der Waals surface area contributed by atoms with E-state index >= 15 is 0 Å². The van der Waals surface area contributed by atoms with Crippen LogP contribution in [-0.4, -0.2) is 43.7 Å². The SMILES string of the molecule is COc1ccc(CN(C(=O)OC(C)(C)C)c2ccc(/C=C/CN(c3ncc(Cl)cc3Br)S(=O)(=O)c3ccc(C)cc3)cn2)cc1. The van der Waals surface area contributed by atoms with E-state index in [2.05, 4.69) is 25.9 Å². The van der Waals surface area contributed by atoms with Gasteiger partial charge < -0.3 is 9.47 Å². The molecule has 45 heavy (non-hydrogen) atoms. The van der Waals surface area contributed by atoms with Crippen LogP contribution in [0.4, 0.5) is 16.4 Å². The summed E-state index contributed by atoms with van der Waals surface area (Å²) in [7, 11) is -2.38. The van der Waals surface area contributed by atoms with E-state index in [1.165, 1.54) is 15.4 Å². The van der Waals surface area contributed by atoms with Gasteiger partial charge in [-0.05, 0) is 97.2 Å². The predicted octanol–water partition coefficient (Wildman–Crippen LogP) is 8.06. The number of pyridine rings is 2. The highest BCUT2D eigenvalue weighted by Gasteiger charge is 2.27. The molecule has 0 bridgehead atoms. The Morgan fingerprint density at radius 3 is 2.27 bits per heavy atom. The first-order chi connectivity index (χ1) is 21.3. The number of carbonyl (C=O) groups excluding carboxylic acids is 1. The lowest BCUT2D eigenvalue weighted by Crippen LogP contribution is -2.37. The quantitative estimate of drug-likeness (QED) is 0.164. The van der Waals surface area contributed by atoms with Crippen LogP contribution in [0, 0.1) is 6.92 Å². The number of methoxy groups -OCH3 is 1. The Hall–Kier alpha value is -3.93. The van der Waals surface area contributed by atoms with E-state index in [0.717, 1.165) is 11.1 Å². The van der Waals surface area contributed by atoms with Gasteiger partial charge in [0, 0.05) is 12.4 Å². The molecule has 0 fully saturated rings. The molecule has 0 atom stereocenters. The number of sulfonamides is 1. The number of benzene rings is 2. The van der Waals surface area contributed by atoms with E-state index in [1.807, 2.05) is 31.2 Å². The van der Waals surface area contributed by atoms with Crippen molar-refractivity contribution < 1.29 is 22.7 Å². The van der Waals surface area contributed by atoms with Gasteiger partial charge in [0.2, 0.25) is 0 Å². The normalized spacial score (nSPS) is 11.8. The van der Waals surface area contributed by atoms with Crippen LogP contribution < -0.4 is 13.9 Å². The lowest BCUT2D eigenvalue weighted by Gasteiger charge is -2.27. The molecule has 0 N–H and O–H groups in total. The van der Waals surface area contributed by atoms with Gasteiger partial charge in [0.1, 0.15) is 17.2 Å². The standard InChI is InChI=1S/C33H34BrClN4O5S/c1-23-8-15-28(16-9-23)45(41,42)39(31-29(34)19-26(35)21-37-31)18-6-7-24-12-17-30(36-20-24)38(32(40)44-33(2,3)4)22-25-10-13-27(43-5)14-11-25/h6-17,19-21H,18,22H2,1-5H3/b7-6+. The number of anilines is 2. The van der Waals surface area contributed by atoms with E-state index < -0.39 is 21.7 Å². The van der Waals surface area contributed by atoms with Gasteiger partial charge in [-0.25, -0.2) is 27.5 Å². The van der Waals surface area contributed by atoms with E-state index in [4.69, 9.17) is 21.1 Å². The minimum atomic E-state index is -3.97. The van der Waals surface area contributed by atoms with Crippen LogP contribution in [-0.2, 0) is 21.3 Å². The molecule has 0 aliphatic carbocycles. The zero-order chi connectivity index (χ0) is 32.8. The summed E-state index contributed by atoms with van der Waals surface area (Å²) in [6.07, 6.45) is 5.92. The largest absolute Gasteiger partial charge is 0.497 e. The molecule has 2 aromatic heterocycles. The molecule has 4 rings (SSSR count). The molecule has 1 amide bonds. The zero-order valence-electron chi connectivity index (χ0n) is 25.6. The monoisotopic (exact) mass is 712 g/mol. The molecule has 0 aliphatic rings. The van der Waals surface area contributed by atoms with Crippen molar-refractivity contribution in [3.05, 3.63) is 111 Å². The molecular weight excluding hydrogens is 680 g/mol. The fraction of sp³-hybridized carbons (Fsp3) is 0.242. The summed E-state index contributed by atoms with van der Waals surface area (Å²) >= 11 is 9.49. The Balaban J connectivity index is 1.59. The zero-order valence-corrected chi connectivity index (χ0v) is 28.7. The lowest BCUT2D eigenvalue weighted by molar-refractivity contribution is 0.0576. The summed E-state index contributed by atoms with van der Waals surface area (Å²) in [6, 6.07) is 19.1. The fourth-order valence-electron chi connectivity index (χ4n) is 4.14. The van der Waals surface area contributed by atoms with E-state index in [9.17, 15) is 13.2 Å². The molecular formula is C33H34BrClN4O5S. The number of aryl methyl sites for hydroxylation is 1. The Kier molecular flexibility index (Phi) is 10.9. The second-order valence-electron chi connectivity index (χ2n) is 11.1. The van der Waals surface area contributed by atoms with Crippen LogP contribution in [0.3, 0.4) is 0 Å². The highest BCUT2D eigenvalue weighted by Crippen LogP contribution is 2.31. The molecule has 0 saturated heterocycles. The van der Waals surface area contributed by atoms with Crippen molar-refractivity contribution in [1.29, 1.82) is 0 Å². The number of hydrogen-bond acceptors (Lipinski definition) is 7. The number of ether oxygens (including phenoxy) is 2. The third-order valence-electron chi connectivity index (χ3n) is 6.38. The summed E-state index contributed by atoms with van der Waals surface area (Å²) in [4.78, 5) is 23.6. The second kappa shape index (κ2) is 14.4. The minimum Gasteiger partial charge on any atom is -0.497 e. The van der Waals surface area contributed by atoms with Crippen molar-refractivity contribution in [3.63, 3.8) is 0 Å². The Bertz CT molecular complexity index is 1760. The molecule has 2 heterocycles. The number of aromatic nitrogens is 2. The molecule has 0 radical (unpaired) electrons. The first-order valence-corrected chi connectivity index (χ1v) is 16.5.